The summed E-state index contributed by atoms with van der Waals surface area (Å²) in [5, 5.41) is 5.62. The van der Waals surface area contributed by atoms with Gasteiger partial charge in [-0.15, -0.1) is 0 Å². The standard InChI is InChI=1S/C13H16N6O/c1-4-14-11-7-15-10(6-16-11)12(20)19-13-17-8(2)5-9(3)18-13/h5-7H,4H2,1-3H3,(H,14,16)(H,17,18,19,20). The average Bonchev–Trinajstić information content (AvgIpc) is 2.38. The van der Waals surface area contributed by atoms with Crippen molar-refractivity contribution < 1.29 is 4.79 Å². The number of hydrogen-bond donors (Lipinski definition) is 2. The van der Waals surface area contributed by atoms with Crippen LogP contribution in [0.25, 0.3) is 0 Å². The van der Waals surface area contributed by atoms with Gasteiger partial charge in [0.1, 0.15) is 11.5 Å². The number of aromatic nitrogens is 4. The van der Waals surface area contributed by atoms with Gasteiger partial charge in [0.05, 0.1) is 12.4 Å². The molecule has 7 nitrogen and oxygen atoms in total. The lowest BCUT2D eigenvalue weighted by atomic mass is 10.3. The molecule has 0 aromatic carbocycles. The van der Waals surface area contributed by atoms with Crippen LogP contribution in [0.3, 0.4) is 0 Å². The van der Waals surface area contributed by atoms with E-state index in [1.165, 1.54) is 12.4 Å². The van der Waals surface area contributed by atoms with Crippen molar-refractivity contribution in [3.05, 3.63) is 35.5 Å². The third-order valence-electron chi connectivity index (χ3n) is 2.45. The van der Waals surface area contributed by atoms with Gasteiger partial charge in [-0.3, -0.25) is 10.1 Å². The molecule has 2 heterocycles. The molecule has 2 aromatic heterocycles. The van der Waals surface area contributed by atoms with E-state index < -0.39 is 0 Å². The van der Waals surface area contributed by atoms with Crippen LogP contribution in [0.4, 0.5) is 11.8 Å². The molecule has 7 heteroatoms. The van der Waals surface area contributed by atoms with Crippen LogP contribution in [-0.2, 0) is 0 Å². The fraction of sp³-hybridized carbons (Fsp3) is 0.308. The monoisotopic (exact) mass is 272 g/mol. The highest BCUT2D eigenvalue weighted by Crippen LogP contribution is 2.06. The maximum atomic E-state index is 12.0. The molecule has 0 aliphatic rings. The minimum Gasteiger partial charge on any atom is -0.369 e. The Kier molecular flexibility index (Phi) is 4.19. The van der Waals surface area contributed by atoms with Crippen LogP contribution >= 0.6 is 0 Å². The normalized spacial score (nSPS) is 10.2. The summed E-state index contributed by atoms with van der Waals surface area (Å²) >= 11 is 0. The van der Waals surface area contributed by atoms with E-state index in [1.54, 1.807) is 0 Å². The van der Waals surface area contributed by atoms with E-state index in [0.29, 0.717) is 5.82 Å². The third kappa shape index (κ3) is 3.47. The van der Waals surface area contributed by atoms with Gasteiger partial charge in [0.15, 0.2) is 0 Å². The van der Waals surface area contributed by atoms with Crippen LogP contribution in [0.2, 0.25) is 0 Å². The van der Waals surface area contributed by atoms with Crippen LogP contribution in [-0.4, -0.2) is 32.4 Å². The Morgan fingerprint density at radius 2 is 1.85 bits per heavy atom. The Labute approximate surface area is 116 Å². The van der Waals surface area contributed by atoms with Gasteiger partial charge in [-0.05, 0) is 26.8 Å². The lowest BCUT2D eigenvalue weighted by Crippen LogP contribution is -2.17. The zero-order valence-corrected chi connectivity index (χ0v) is 11.6. The Morgan fingerprint density at radius 1 is 1.15 bits per heavy atom. The van der Waals surface area contributed by atoms with Crippen molar-refractivity contribution in [3.63, 3.8) is 0 Å². The SMILES string of the molecule is CCNc1cnc(C(=O)Nc2nc(C)cc(C)n2)cn1. The van der Waals surface area contributed by atoms with Crippen molar-refractivity contribution in [2.75, 3.05) is 17.2 Å². The first kappa shape index (κ1) is 13.9. The topological polar surface area (TPSA) is 92.7 Å². The molecule has 0 fully saturated rings. The molecule has 20 heavy (non-hydrogen) atoms. The fourth-order valence-corrected chi connectivity index (χ4v) is 1.67. The summed E-state index contributed by atoms with van der Waals surface area (Å²) in [6, 6.07) is 1.83. The first-order valence-corrected chi connectivity index (χ1v) is 6.28. The van der Waals surface area contributed by atoms with Crippen molar-refractivity contribution in [1.29, 1.82) is 0 Å². The highest BCUT2D eigenvalue weighted by atomic mass is 16.2. The lowest BCUT2D eigenvalue weighted by molar-refractivity contribution is 0.102. The predicted molar refractivity (Wildman–Crippen MR) is 75.7 cm³/mol. The predicted octanol–water partition coefficient (Wildman–Crippen LogP) is 1.57. The molecule has 0 bridgehead atoms. The summed E-state index contributed by atoms with van der Waals surface area (Å²) in [4.78, 5) is 28.4. The number of hydrogen-bond acceptors (Lipinski definition) is 6. The zero-order chi connectivity index (χ0) is 14.5. The number of amides is 1. The average molecular weight is 272 g/mol. The quantitative estimate of drug-likeness (QED) is 0.877. The first-order valence-electron chi connectivity index (χ1n) is 6.28. The molecule has 0 radical (unpaired) electrons. The molecule has 0 atom stereocenters. The van der Waals surface area contributed by atoms with E-state index in [-0.39, 0.29) is 17.5 Å². The molecule has 0 unspecified atom stereocenters. The van der Waals surface area contributed by atoms with Gasteiger partial charge in [-0.25, -0.2) is 19.9 Å². The van der Waals surface area contributed by atoms with E-state index in [4.69, 9.17) is 0 Å². The van der Waals surface area contributed by atoms with Crippen molar-refractivity contribution in [1.82, 2.24) is 19.9 Å². The Balaban J connectivity index is 2.11. The first-order chi connectivity index (χ1) is 9.58. The minimum atomic E-state index is -0.384. The molecule has 2 N–H and O–H groups in total. The summed E-state index contributed by atoms with van der Waals surface area (Å²) in [7, 11) is 0. The van der Waals surface area contributed by atoms with Gasteiger partial charge >= 0.3 is 0 Å². The van der Waals surface area contributed by atoms with E-state index >= 15 is 0 Å². The largest absolute Gasteiger partial charge is 0.369 e. The number of nitrogens with zero attached hydrogens (tertiary/aromatic N) is 4. The zero-order valence-electron chi connectivity index (χ0n) is 11.6. The smallest absolute Gasteiger partial charge is 0.278 e. The number of nitrogens with one attached hydrogen (secondary N) is 2. The summed E-state index contributed by atoms with van der Waals surface area (Å²) < 4.78 is 0. The highest BCUT2D eigenvalue weighted by Gasteiger charge is 2.10. The highest BCUT2D eigenvalue weighted by molar-refractivity contribution is 6.01. The molecule has 104 valence electrons. The minimum absolute atomic E-state index is 0.217. The van der Waals surface area contributed by atoms with E-state index in [0.717, 1.165) is 17.9 Å². The lowest BCUT2D eigenvalue weighted by Gasteiger charge is -2.05. The molecule has 2 aromatic rings. The van der Waals surface area contributed by atoms with Gasteiger partial charge in [-0.2, -0.15) is 0 Å². The summed E-state index contributed by atoms with van der Waals surface area (Å²) in [6.07, 6.45) is 2.93. The molecule has 0 saturated heterocycles. The molecular formula is C13H16N6O. The fourth-order valence-electron chi connectivity index (χ4n) is 1.67. The Bertz CT molecular complexity index is 591. The van der Waals surface area contributed by atoms with Crippen LogP contribution in [0.15, 0.2) is 18.5 Å². The maximum Gasteiger partial charge on any atom is 0.278 e. The molecular weight excluding hydrogens is 256 g/mol. The van der Waals surface area contributed by atoms with Gasteiger partial charge in [-0.1, -0.05) is 0 Å². The van der Waals surface area contributed by atoms with E-state index in [2.05, 4.69) is 30.6 Å². The van der Waals surface area contributed by atoms with E-state index in [1.807, 2.05) is 26.8 Å². The second-order valence-electron chi connectivity index (χ2n) is 4.25. The summed E-state index contributed by atoms with van der Waals surface area (Å²) in [5.74, 6) is 0.516. The van der Waals surface area contributed by atoms with Gasteiger partial charge in [0, 0.05) is 17.9 Å². The number of rotatable bonds is 4. The van der Waals surface area contributed by atoms with Gasteiger partial charge < -0.3 is 5.32 Å². The molecule has 1 amide bonds. The van der Waals surface area contributed by atoms with Crippen molar-refractivity contribution in [3.8, 4) is 0 Å². The number of aryl methyl sites for hydroxylation is 2. The van der Waals surface area contributed by atoms with Crippen molar-refractivity contribution in [2.24, 2.45) is 0 Å². The van der Waals surface area contributed by atoms with E-state index in [9.17, 15) is 4.79 Å². The maximum absolute atomic E-state index is 12.0. The molecule has 0 aliphatic carbocycles. The van der Waals surface area contributed by atoms with Crippen molar-refractivity contribution in [2.45, 2.75) is 20.8 Å². The molecule has 0 aliphatic heterocycles. The Hall–Kier alpha value is -2.57. The second kappa shape index (κ2) is 6.05. The summed E-state index contributed by atoms with van der Waals surface area (Å²) in [5.41, 5.74) is 1.80. The van der Waals surface area contributed by atoms with Gasteiger partial charge in [0.2, 0.25) is 5.95 Å². The summed E-state index contributed by atoms with van der Waals surface area (Å²) in [6.45, 7) is 6.39. The van der Waals surface area contributed by atoms with Crippen LogP contribution in [0.5, 0.6) is 0 Å². The third-order valence-corrected chi connectivity index (χ3v) is 2.45. The number of carbonyl (C=O) groups is 1. The number of carbonyl (C=O) groups excluding carboxylic acids is 1. The molecule has 0 spiro atoms. The van der Waals surface area contributed by atoms with Gasteiger partial charge in [0.25, 0.3) is 5.91 Å². The second-order valence-corrected chi connectivity index (χ2v) is 4.25. The van der Waals surface area contributed by atoms with Crippen LogP contribution in [0, 0.1) is 13.8 Å². The van der Waals surface area contributed by atoms with Crippen molar-refractivity contribution >= 4 is 17.7 Å². The Morgan fingerprint density at radius 3 is 2.40 bits per heavy atom. The van der Waals surface area contributed by atoms with Crippen LogP contribution < -0.4 is 10.6 Å². The number of anilines is 2. The van der Waals surface area contributed by atoms with Crippen LogP contribution in [0.1, 0.15) is 28.8 Å². The molecule has 0 saturated carbocycles. The molecule has 2 rings (SSSR count).